The lowest BCUT2D eigenvalue weighted by atomic mass is 9.89. The van der Waals surface area contributed by atoms with Crippen molar-refractivity contribution in [1.29, 1.82) is 0 Å². The van der Waals surface area contributed by atoms with Crippen molar-refractivity contribution in [2.75, 3.05) is 13.1 Å². The van der Waals surface area contributed by atoms with E-state index in [1.807, 2.05) is 26.8 Å². The Morgan fingerprint density at radius 3 is 2.43 bits per heavy atom. The van der Waals surface area contributed by atoms with Gasteiger partial charge in [0.05, 0.1) is 10.5 Å². The van der Waals surface area contributed by atoms with Crippen molar-refractivity contribution in [2.45, 2.75) is 58.5 Å². The summed E-state index contributed by atoms with van der Waals surface area (Å²) in [5.41, 5.74) is 1.63. The maximum Gasteiger partial charge on any atom is 0.311 e. The number of nitrogens with one attached hydrogen (secondary N) is 1. The minimum Gasteiger partial charge on any atom is -0.474 e. The number of benzene rings is 1. The zero-order chi connectivity index (χ0) is 16.9. The Bertz CT molecular complexity index is 634. The zero-order valence-corrected chi connectivity index (χ0v) is 14.4. The summed E-state index contributed by atoms with van der Waals surface area (Å²) in [4.78, 5) is 12.4. The molecule has 0 aliphatic carbocycles. The lowest BCUT2D eigenvalue weighted by molar-refractivity contribution is -0.950. The van der Waals surface area contributed by atoms with Crippen LogP contribution in [-0.4, -0.2) is 35.8 Å². The molecule has 1 aromatic rings. The first-order valence-electron chi connectivity index (χ1n) is 8.17. The molecule has 0 aromatic heterocycles. The predicted molar refractivity (Wildman–Crippen MR) is 86.0 cm³/mol. The van der Waals surface area contributed by atoms with E-state index in [-0.39, 0.29) is 28.9 Å². The molecule has 1 saturated heterocycles. The molecule has 1 fully saturated rings. The van der Waals surface area contributed by atoms with Crippen LogP contribution in [0.15, 0.2) is 12.1 Å². The fourth-order valence-corrected chi connectivity index (χ4v) is 4.21. The van der Waals surface area contributed by atoms with Gasteiger partial charge in [-0.05, 0) is 40.2 Å². The highest BCUT2D eigenvalue weighted by Gasteiger charge is 2.52. The molecular weight excluding hydrogens is 296 g/mol. The number of nitrogens with zero attached hydrogens (tertiary/aromatic N) is 1. The van der Waals surface area contributed by atoms with Crippen LogP contribution in [0.2, 0.25) is 0 Å². The molecule has 1 N–H and O–H groups in total. The topological polar surface area (TPSA) is 66.0 Å². The third-order valence-corrected chi connectivity index (χ3v) is 4.91. The van der Waals surface area contributed by atoms with Crippen LogP contribution in [0.5, 0.6) is 5.75 Å². The highest BCUT2D eigenvalue weighted by atomic mass is 16.6. The molecule has 2 heterocycles. The van der Waals surface area contributed by atoms with E-state index in [0.717, 1.165) is 24.2 Å². The van der Waals surface area contributed by atoms with E-state index >= 15 is 0 Å². The van der Waals surface area contributed by atoms with E-state index in [2.05, 4.69) is 13.8 Å². The van der Waals surface area contributed by atoms with Gasteiger partial charge in [0.2, 0.25) is 5.75 Å². The fraction of sp³-hybridized carbons (Fsp3) is 0.647. The van der Waals surface area contributed by atoms with Crippen LogP contribution in [-0.2, 0) is 4.74 Å². The van der Waals surface area contributed by atoms with E-state index in [0.29, 0.717) is 5.75 Å². The second-order valence-electron chi connectivity index (χ2n) is 7.36. The molecule has 23 heavy (non-hydrogen) atoms. The average molecular weight is 321 g/mol. The van der Waals surface area contributed by atoms with Crippen molar-refractivity contribution in [3.05, 3.63) is 33.4 Å². The molecular formula is C17H25N2O4+. The zero-order valence-electron chi connectivity index (χ0n) is 14.4. The van der Waals surface area contributed by atoms with Crippen molar-refractivity contribution in [3.8, 4) is 5.75 Å². The number of nitro groups is 1. The molecule has 0 amide bonds. The van der Waals surface area contributed by atoms with Crippen LogP contribution < -0.4 is 9.64 Å². The second-order valence-corrected chi connectivity index (χ2v) is 7.36. The van der Waals surface area contributed by atoms with Gasteiger partial charge in [0.25, 0.3) is 0 Å². The average Bonchev–Trinajstić information content (AvgIpc) is 2.69. The van der Waals surface area contributed by atoms with Crippen molar-refractivity contribution in [1.82, 2.24) is 0 Å². The number of morpholine rings is 1. The van der Waals surface area contributed by atoms with Gasteiger partial charge in [0.15, 0.2) is 11.6 Å². The van der Waals surface area contributed by atoms with Gasteiger partial charge in [-0.1, -0.05) is 6.07 Å². The van der Waals surface area contributed by atoms with E-state index in [1.54, 1.807) is 6.07 Å². The van der Waals surface area contributed by atoms with Crippen LogP contribution in [0.1, 0.15) is 44.9 Å². The smallest absolute Gasteiger partial charge is 0.311 e. The monoisotopic (exact) mass is 321 g/mol. The van der Waals surface area contributed by atoms with Crippen LogP contribution >= 0.6 is 0 Å². The Morgan fingerprint density at radius 2 is 1.87 bits per heavy atom. The van der Waals surface area contributed by atoms with E-state index in [1.165, 1.54) is 4.90 Å². The van der Waals surface area contributed by atoms with Crippen molar-refractivity contribution < 1.29 is 19.3 Å². The Morgan fingerprint density at radius 1 is 1.26 bits per heavy atom. The Kier molecular flexibility index (Phi) is 3.84. The molecule has 2 aliphatic rings. The summed E-state index contributed by atoms with van der Waals surface area (Å²) >= 11 is 0. The van der Waals surface area contributed by atoms with Gasteiger partial charge in [0.1, 0.15) is 25.3 Å². The van der Waals surface area contributed by atoms with Crippen LogP contribution in [0, 0.1) is 17.0 Å². The maximum absolute atomic E-state index is 11.4. The highest BCUT2D eigenvalue weighted by molar-refractivity contribution is 5.59. The summed E-state index contributed by atoms with van der Waals surface area (Å²) in [6.45, 7) is 12.0. The summed E-state index contributed by atoms with van der Waals surface area (Å²) < 4.78 is 12.0. The summed E-state index contributed by atoms with van der Waals surface area (Å²) in [6.07, 6.45) is 0.347. The molecule has 0 saturated carbocycles. The second kappa shape index (κ2) is 5.46. The van der Waals surface area contributed by atoms with Gasteiger partial charge in [0, 0.05) is 6.07 Å². The molecule has 3 rings (SSSR count). The lowest BCUT2D eigenvalue weighted by Gasteiger charge is -2.39. The number of rotatable bonds is 2. The summed E-state index contributed by atoms with van der Waals surface area (Å²) in [5.74, 6) is 0.448. The standard InChI is InChI=1S/C17H24N2O4/c1-10-6-7-13(19(20)21)15-14(10)16(17(4,5)23-15)18-8-11(2)22-12(3)9-18/h6-7,11-12,16H,8-9H2,1-5H3/p+1/t11-,12+,16-/m0/s1. The molecule has 6 heteroatoms. The molecule has 126 valence electrons. The molecule has 0 spiro atoms. The summed E-state index contributed by atoms with van der Waals surface area (Å²) in [7, 11) is 0. The summed E-state index contributed by atoms with van der Waals surface area (Å²) in [5, 5.41) is 11.4. The van der Waals surface area contributed by atoms with Crippen molar-refractivity contribution >= 4 is 5.69 Å². The number of hydrogen-bond acceptors (Lipinski definition) is 4. The third-order valence-electron chi connectivity index (χ3n) is 4.91. The first-order valence-corrected chi connectivity index (χ1v) is 8.17. The first-order chi connectivity index (χ1) is 10.7. The Labute approximate surface area is 136 Å². The first kappa shape index (κ1) is 16.2. The number of quaternary nitrogens is 1. The molecule has 1 unspecified atom stereocenters. The van der Waals surface area contributed by atoms with Gasteiger partial charge < -0.3 is 14.4 Å². The van der Waals surface area contributed by atoms with Gasteiger partial charge >= 0.3 is 5.69 Å². The van der Waals surface area contributed by atoms with Gasteiger partial charge in [-0.25, -0.2) is 0 Å². The normalized spacial score (nSPS) is 32.2. The number of nitro benzene ring substituents is 1. The van der Waals surface area contributed by atoms with Crippen molar-refractivity contribution in [3.63, 3.8) is 0 Å². The third kappa shape index (κ3) is 2.70. The number of fused-ring (bicyclic) bond motifs is 1. The molecule has 4 atom stereocenters. The Balaban J connectivity index is 2.09. The van der Waals surface area contributed by atoms with E-state index in [4.69, 9.17) is 9.47 Å². The SMILES string of the molecule is Cc1ccc([N+](=O)[O-])c2c1[C@H]([NH+]1C[C@@H](C)O[C@@H](C)C1)C(C)(C)O2. The largest absolute Gasteiger partial charge is 0.474 e. The maximum atomic E-state index is 11.4. The number of hydrogen-bond donors (Lipinski definition) is 1. The minimum atomic E-state index is -0.481. The van der Waals surface area contributed by atoms with Gasteiger partial charge in [-0.15, -0.1) is 0 Å². The quantitative estimate of drug-likeness (QED) is 0.666. The molecule has 2 aliphatic heterocycles. The Hall–Kier alpha value is -1.66. The van der Waals surface area contributed by atoms with Crippen molar-refractivity contribution in [2.24, 2.45) is 0 Å². The highest BCUT2D eigenvalue weighted by Crippen LogP contribution is 2.48. The van der Waals surface area contributed by atoms with Gasteiger partial charge in [-0.2, -0.15) is 0 Å². The van der Waals surface area contributed by atoms with Gasteiger partial charge in [-0.3, -0.25) is 10.1 Å². The van der Waals surface area contributed by atoms with E-state index in [9.17, 15) is 10.1 Å². The minimum absolute atomic E-state index is 0.0648. The molecule has 0 radical (unpaired) electrons. The fourth-order valence-electron chi connectivity index (χ4n) is 4.21. The van der Waals surface area contributed by atoms with Crippen LogP contribution in [0.25, 0.3) is 0 Å². The predicted octanol–water partition coefficient (Wildman–Crippen LogP) is 1.81. The number of ether oxygens (including phenoxy) is 2. The molecule has 0 bridgehead atoms. The molecule has 1 aromatic carbocycles. The summed E-state index contributed by atoms with van der Waals surface area (Å²) in [6, 6.07) is 3.46. The number of aryl methyl sites for hydroxylation is 1. The molecule has 6 nitrogen and oxygen atoms in total. The van der Waals surface area contributed by atoms with Crippen LogP contribution in [0.4, 0.5) is 5.69 Å². The van der Waals surface area contributed by atoms with Crippen LogP contribution in [0.3, 0.4) is 0 Å². The van der Waals surface area contributed by atoms with E-state index < -0.39 is 5.60 Å². The lowest BCUT2D eigenvalue weighted by Crippen LogP contribution is -3.17.